The van der Waals surface area contributed by atoms with E-state index in [9.17, 15) is 18.8 Å². The monoisotopic (exact) mass is 443 g/mol. The van der Waals surface area contributed by atoms with Crippen molar-refractivity contribution in [1.82, 2.24) is 14.5 Å². The Bertz CT molecular complexity index is 1470. The number of para-hydroxylation sites is 1. The molecule has 166 valence electrons. The van der Waals surface area contributed by atoms with Crippen LogP contribution in [0.4, 0.5) is 4.39 Å². The number of nitrogens with zero attached hydrogens (tertiary/aromatic N) is 2. The van der Waals surface area contributed by atoms with E-state index in [1.807, 2.05) is 0 Å². The maximum Gasteiger partial charge on any atom is 0.336 e. The van der Waals surface area contributed by atoms with Crippen molar-refractivity contribution in [2.75, 3.05) is 0 Å². The molecule has 0 saturated heterocycles. The number of fused-ring (bicyclic) bond motifs is 1. The quantitative estimate of drug-likeness (QED) is 0.498. The summed E-state index contributed by atoms with van der Waals surface area (Å²) in [5.74, 6) is -0.426. The normalized spacial score (nSPS) is 13.2. The van der Waals surface area contributed by atoms with Gasteiger partial charge in [0, 0.05) is 6.04 Å². The molecule has 4 aromatic rings. The minimum Gasteiger partial charge on any atom is -0.353 e. The minimum atomic E-state index is -0.512. The van der Waals surface area contributed by atoms with Crippen LogP contribution in [0.25, 0.3) is 16.6 Å². The fourth-order valence-electron chi connectivity index (χ4n) is 3.97. The summed E-state index contributed by atoms with van der Waals surface area (Å²) in [5, 5.41) is 3.34. The van der Waals surface area contributed by atoms with Gasteiger partial charge < -0.3 is 5.32 Å². The van der Waals surface area contributed by atoms with Crippen LogP contribution < -0.4 is 16.6 Å². The molecule has 1 aromatic heterocycles. The van der Waals surface area contributed by atoms with Crippen molar-refractivity contribution in [3.05, 3.63) is 111 Å². The van der Waals surface area contributed by atoms with Crippen molar-refractivity contribution in [3.63, 3.8) is 0 Å². The molecule has 1 saturated carbocycles. The Balaban J connectivity index is 1.56. The number of carbonyl (C=O) groups excluding carboxylic acids is 1. The molecule has 6 nitrogen and oxygen atoms in total. The predicted molar refractivity (Wildman–Crippen MR) is 124 cm³/mol. The molecule has 0 spiro atoms. The number of rotatable bonds is 6. The molecule has 1 aliphatic rings. The second-order valence-electron chi connectivity index (χ2n) is 8.34. The van der Waals surface area contributed by atoms with E-state index in [0.717, 1.165) is 23.0 Å². The first-order valence-corrected chi connectivity index (χ1v) is 10.9. The van der Waals surface area contributed by atoms with Crippen molar-refractivity contribution in [2.24, 2.45) is 0 Å². The summed E-state index contributed by atoms with van der Waals surface area (Å²) in [5.41, 5.74) is 1.37. The number of aromatic nitrogens is 2. The Morgan fingerprint density at radius 2 is 1.70 bits per heavy atom. The first-order chi connectivity index (χ1) is 16.0. The summed E-state index contributed by atoms with van der Waals surface area (Å²) in [4.78, 5) is 38.7. The zero-order chi connectivity index (χ0) is 22.9. The second kappa shape index (κ2) is 8.50. The number of halogens is 1. The van der Waals surface area contributed by atoms with Gasteiger partial charge in [-0.1, -0.05) is 36.4 Å². The highest BCUT2D eigenvalue weighted by atomic mass is 19.1. The third-order valence-electron chi connectivity index (χ3n) is 5.78. The lowest BCUT2D eigenvalue weighted by Crippen LogP contribution is -2.39. The van der Waals surface area contributed by atoms with Gasteiger partial charge in [0.1, 0.15) is 5.82 Å². The van der Waals surface area contributed by atoms with Crippen molar-refractivity contribution >= 4 is 16.8 Å². The van der Waals surface area contributed by atoms with Crippen molar-refractivity contribution in [2.45, 2.75) is 31.8 Å². The second-order valence-corrected chi connectivity index (χ2v) is 8.34. The maximum atomic E-state index is 13.7. The Labute approximate surface area is 188 Å². The fourth-order valence-corrected chi connectivity index (χ4v) is 3.97. The van der Waals surface area contributed by atoms with E-state index < -0.39 is 11.2 Å². The summed E-state index contributed by atoms with van der Waals surface area (Å²) in [6, 6.07) is 20.1. The van der Waals surface area contributed by atoms with E-state index in [1.165, 1.54) is 16.7 Å². The molecule has 7 heteroatoms. The van der Waals surface area contributed by atoms with Crippen LogP contribution in [0, 0.1) is 5.82 Å². The molecule has 33 heavy (non-hydrogen) atoms. The minimum absolute atomic E-state index is 0.0365. The lowest BCUT2D eigenvalue weighted by Gasteiger charge is -2.15. The number of hydrogen-bond donors (Lipinski definition) is 1. The fraction of sp³-hybridized carbons (Fsp3) is 0.192. The molecule has 3 aromatic carbocycles. The van der Waals surface area contributed by atoms with Gasteiger partial charge in [-0.2, -0.15) is 0 Å². The van der Waals surface area contributed by atoms with Gasteiger partial charge >= 0.3 is 5.69 Å². The predicted octanol–water partition coefficient (Wildman–Crippen LogP) is 3.16. The maximum absolute atomic E-state index is 13.7. The first-order valence-electron chi connectivity index (χ1n) is 10.9. The van der Waals surface area contributed by atoms with Crippen LogP contribution in [0.3, 0.4) is 0 Å². The van der Waals surface area contributed by atoms with Gasteiger partial charge in [0.2, 0.25) is 5.91 Å². The number of hydrogen-bond acceptors (Lipinski definition) is 3. The molecule has 0 aliphatic heterocycles. The van der Waals surface area contributed by atoms with Gasteiger partial charge in [-0.05, 0) is 60.4 Å². The zero-order valence-electron chi connectivity index (χ0n) is 17.8. The first kappa shape index (κ1) is 20.9. The van der Waals surface area contributed by atoms with E-state index >= 15 is 0 Å². The SMILES string of the molecule is O=C(Cc1ccc(-n2c(=O)c3ccccc3n(Cc3cccc(F)c3)c2=O)cc1)NC1CC1. The third kappa shape index (κ3) is 4.35. The molecular formula is C26H22FN3O3. The molecule has 0 bridgehead atoms. The highest BCUT2D eigenvalue weighted by Crippen LogP contribution is 2.19. The number of carbonyl (C=O) groups is 1. The van der Waals surface area contributed by atoms with Crippen LogP contribution in [0.1, 0.15) is 24.0 Å². The highest BCUT2D eigenvalue weighted by molar-refractivity contribution is 5.79. The summed E-state index contributed by atoms with van der Waals surface area (Å²) in [7, 11) is 0. The summed E-state index contributed by atoms with van der Waals surface area (Å²) in [6.07, 6.45) is 2.29. The van der Waals surface area contributed by atoms with Crippen LogP contribution in [0.2, 0.25) is 0 Å². The molecule has 0 atom stereocenters. The smallest absolute Gasteiger partial charge is 0.336 e. The standard InChI is InChI=1S/C26H22FN3O3/c27-19-5-3-4-18(14-19)16-29-23-7-2-1-6-22(23)25(32)30(26(29)33)21-12-8-17(9-13-21)15-24(31)28-20-10-11-20/h1-9,12-14,20H,10-11,15-16H2,(H,28,31). The molecule has 0 radical (unpaired) electrons. The van der Waals surface area contributed by atoms with Gasteiger partial charge in [0.15, 0.2) is 0 Å². The number of amides is 1. The van der Waals surface area contributed by atoms with E-state index in [-0.39, 0.29) is 24.7 Å². The van der Waals surface area contributed by atoms with Crippen molar-refractivity contribution in [1.29, 1.82) is 0 Å². The van der Waals surface area contributed by atoms with Gasteiger partial charge in [-0.3, -0.25) is 14.2 Å². The van der Waals surface area contributed by atoms with Crippen molar-refractivity contribution < 1.29 is 9.18 Å². The van der Waals surface area contributed by atoms with E-state index in [0.29, 0.717) is 28.2 Å². The molecule has 5 rings (SSSR count). The Morgan fingerprint density at radius 1 is 0.939 bits per heavy atom. The van der Waals surface area contributed by atoms with Crippen LogP contribution in [-0.2, 0) is 17.8 Å². The molecular weight excluding hydrogens is 421 g/mol. The van der Waals surface area contributed by atoms with Gasteiger partial charge in [0.05, 0.1) is 29.6 Å². The van der Waals surface area contributed by atoms with Crippen LogP contribution in [0.5, 0.6) is 0 Å². The lowest BCUT2D eigenvalue weighted by atomic mass is 10.1. The van der Waals surface area contributed by atoms with E-state index in [2.05, 4.69) is 5.32 Å². The van der Waals surface area contributed by atoms with Gasteiger partial charge in [-0.25, -0.2) is 13.8 Å². The third-order valence-corrected chi connectivity index (χ3v) is 5.78. The van der Waals surface area contributed by atoms with Gasteiger partial charge in [-0.15, -0.1) is 0 Å². The summed E-state index contributed by atoms with van der Waals surface area (Å²) in [6.45, 7) is 0.122. The highest BCUT2D eigenvalue weighted by Gasteiger charge is 2.23. The van der Waals surface area contributed by atoms with Crippen molar-refractivity contribution in [3.8, 4) is 5.69 Å². The summed E-state index contributed by atoms with van der Waals surface area (Å²) >= 11 is 0. The average Bonchev–Trinajstić information content (AvgIpc) is 3.62. The van der Waals surface area contributed by atoms with Crippen LogP contribution in [0.15, 0.2) is 82.4 Å². The van der Waals surface area contributed by atoms with Crippen LogP contribution in [-0.4, -0.2) is 21.1 Å². The van der Waals surface area contributed by atoms with Gasteiger partial charge in [0.25, 0.3) is 5.56 Å². The molecule has 1 aliphatic carbocycles. The lowest BCUT2D eigenvalue weighted by molar-refractivity contribution is -0.120. The Kier molecular flexibility index (Phi) is 5.38. The molecule has 1 N–H and O–H groups in total. The average molecular weight is 443 g/mol. The molecule has 1 amide bonds. The molecule has 1 heterocycles. The Morgan fingerprint density at radius 3 is 2.42 bits per heavy atom. The largest absolute Gasteiger partial charge is 0.353 e. The van der Waals surface area contributed by atoms with E-state index in [4.69, 9.17) is 0 Å². The number of benzene rings is 3. The Hall–Kier alpha value is -4.00. The molecule has 1 fully saturated rings. The van der Waals surface area contributed by atoms with Crippen LogP contribution >= 0.6 is 0 Å². The topological polar surface area (TPSA) is 73.1 Å². The van der Waals surface area contributed by atoms with E-state index in [1.54, 1.807) is 60.7 Å². The zero-order valence-corrected chi connectivity index (χ0v) is 17.8. The summed E-state index contributed by atoms with van der Waals surface area (Å²) < 4.78 is 16.3. The molecule has 0 unspecified atom stereocenters. The number of nitrogens with one attached hydrogen (secondary N) is 1.